The number of hydrogen-bond donors (Lipinski definition) is 4. The molecule has 0 aromatic heterocycles. The number of aryl methyl sites for hydroxylation is 1. The Morgan fingerprint density at radius 3 is 2.43 bits per heavy atom. The Bertz CT molecular complexity index is 1750. The molecule has 4 N–H and O–H groups in total. The highest BCUT2D eigenvalue weighted by atomic mass is 19.1. The van der Waals surface area contributed by atoms with Gasteiger partial charge in [-0.2, -0.15) is 0 Å². The number of ether oxygens (including phenoxy) is 1. The molecule has 0 spiro atoms. The van der Waals surface area contributed by atoms with E-state index < -0.39 is 41.5 Å². The molecule has 4 unspecified atom stereocenters. The molecule has 0 aliphatic carbocycles. The van der Waals surface area contributed by atoms with Gasteiger partial charge in [-0.25, -0.2) is 14.0 Å². The maximum Gasteiger partial charge on any atom is 0.412 e. The van der Waals surface area contributed by atoms with Gasteiger partial charge in [0.25, 0.3) is 0 Å². The highest BCUT2D eigenvalue weighted by molar-refractivity contribution is 6.02. The molecular formula is C38H43FN4O6. The summed E-state index contributed by atoms with van der Waals surface area (Å²) in [6, 6.07) is 17.9. The smallest absolute Gasteiger partial charge is 0.412 e. The third kappa shape index (κ3) is 9.32. The Labute approximate surface area is 285 Å². The lowest BCUT2D eigenvalue weighted by Crippen LogP contribution is -2.49. The normalized spacial score (nSPS) is 19.8. The predicted molar refractivity (Wildman–Crippen MR) is 185 cm³/mol. The van der Waals surface area contributed by atoms with Crippen LogP contribution < -0.4 is 16.0 Å². The number of rotatable bonds is 9. The van der Waals surface area contributed by atoms with Crippen molar-refractivity contribution in [1.82, 2.24) is 10.6 Å². The first-order chi connectivity index (χ1) is 23.3. The summed E-state index contributed by atoms with van der Waals surface area (Å²) in [5.41, 5.74) is 3.98. The lowest BCUT2D eigenvalue weighted by atomic mass is 9.93. The summed E-state index contributed by atoms with van der Waals surface area (Å²) in [6.45, 7) is 9.29. The second kappa shape index (κ2) is 15.0. The van der Waals surface area contributed by atoms with Gasteiger partial charge in [0, 0.05) is 35.2 Å². The van der Waals surface area contributed by atoms with Crippen LogP contribution >= 0.6 is 0 Å². The highest BCUT2D eigenvalue weighted by Crippen LogP contribution is 2.29. The van der Waals surface area contributed by atoms with E-state index in [1.807, 2.05) is 44.2 Å². The van der Waals surface area contributed by atoms with E-state index in [0.29, 0.717) is 35.6 Å². The molecule has 0 radical (unpaired) electrons. The maximum atomic E-state index is 15.6. The lowest BCUT2D eigenvalue weighted by Gasteiger charge is -2.19. The third-order valence-electron chi connectivity index (χ3n) is 8.49. The first-order valence-corrected chi connectivity index (χ1v) is 16.5. The fourth-order valence-corrected chi connectivity index (χ4v) is 5.86. The van der Waals surface area contributed by atoms with E-state index in [-0.39, 0.29) is 23.9 Å². The number of oxime groups is 1. The van der Waals surface area contributed by atoms with Gasteiger partial charge in [0.1, 0.15) is 17.5 Å². The van der Waals surface area contributed by atoms with Crippen LogP contribution in [0.3, 0.4) is 0 Å². The predicted octanol–water partition coefficient (Wildman–Crippen LogP) is 6.89. The van der Waals surface area contributed by atoms with E-state index in [2.05, 4.69) is 21.1 Å². The number of carbonyl (C=O) groups is 3. The largest absolute Gasteiger partial charge is 0.480 e. The number of amides is 2. The monoisotopic (exact) mass is 670 g/mol. The minimum atomic E-state index is -1.23. The lowest BCUT2D eigenvalue weighted by molar-refractivity contribution is -0.142. The number of nitrogens with zero attached hydrogens (tertiary/aromatic N) is 1. The van der Waals surface area contributed by atoms with Gasteiger partial charge in [-0.3, -0.25) is 15.4 Å². The Hall–Kier alpha value is -5.03. The van der Waals surface area contributed by atoms with E-state index in [9.17, 15) is 19.5 Å². The molecule has 3 aromatic carbocycles. The number of allylic oxidation sites excluding steroid dienone is 1. The van der Waals surface area contributed by atoms with Crippen molar-refractivity contribution in [3.8, 4) is 0 Å². The Kier molecular flexibility index (Phi) is 10.8. The van der Waals surface area contributed by atoms with Gasteiger partial charge in [0.05, 0.1) is 11.8 Å². The molecule has 1 fully saturated rings. The standard InChI is InChI=1S/C38H43FN4O6/c1-22-6-10-25(11-7-22)30-17-18-31(41-30)35(44)42-32(36(45)46)21-24-9-16-28(29(39)20-24)34-23(2)8-19-33(49-43-34)26-12-14-27(15-13-26)40-37(47)48-38(3,4)5/h6-7,9-16,19-20,23,30-32,41H,8,17-18,21H2,1-5H3,(H,40,47)(H,42,44)(H,45,46). The van der Waals surface area contributed by atoms with Crippen molar-refractivity contribution in [2.24, 2.45) is 11.1 Å². The minimum absolute atomic E-state index is 0.0134. The number of carbonyl (C=O) groups excluding carboxylic acids is 2. The molecule has 0 saturated carbocycles. The molecule has 49 heavy (non-hydrogen) atoms. The zero-order valence-electron chi connectivity index (χ0n) is 28.4. The van der Waals surface area contributed by atoms with Crippen LogP contribution in [-0.4, -0.2) is 46.5 Å². The molecular weight excluding hydrogens is 627 g/mol. The first-order valence-electron chi connectivity index (χ1n) is 16.5. The van der Waals surface area contributed by atoms with Crippen molar-refractivity contribution >= 4 is 35.1 Å². The van der Waals surface area contributed by atoms with Gasteiger partial charge in [-0.1, -0.05) is 48.0 Å². The second-order valence-electron chi connectivity index (χ2n) is 13.7. The number of carboxylic acids is 1. The Balaban J connectivity index is 1.20. The van der Waals surface area contributed by atoms with Crippen LogP contribution in [0, 0.1) is 18.7 Å². The number of anilines is 1. The summed E-state index contributed by atoms with van der Waals surface area (Å²) >= 11 is 0. The van der Waals surface area contributed by atoms with Crippen LogP contribution in [0.5, 0.6) is 0 Å². The third-order valence-corrected chi connectivity index (χ3v) is 8.49. The summed E-state index contributed by atoms with van der Waals surface area (Å²) in [6.07, 6.45) is 3.10. The topological polar surface area (TPSA) is 138 Å². The fourth-order valence-electron chi connectivity index (χ4n) is 5.86. The minimum Gasteiger partial charge on any atom is -0.480 e. The fraction of sp³-hybridized carbons (Fsp3) is 0.368. The van der Waals surface area contributed by atoms with Gasteiger partial charge in [0.15, 0.2) is 5.76 Å². The summed E-state index contributed by atoms with van der Waals surface area (Å²) < 4.78 is 20.8. The van der Waals surface area contributed by atoms with E-state index in [4.69, 9.17) is 9.57 Å². The van der Waals surface area contributed by atoms with Crippen molar-refractivity contribution in [3.05, 3.63) is 106 Å². The molecule has 0 bridgehead atoms. The number of hydrogen-bond acceptors (Lipinski definition) is 7. The number of halogens is 1. The van der Waals surface area contributed by atoms with Crippen molar-refractivity contribution in [1.29, 1.82) is 0 Å². The summed E-state index contributed by atoms with van der Waals surface area (Å²) in [4.78, 5) is 43.0. The first kappa shape index (κ1) is 35.3. The van der Waals surface area contributed by atoms with E-state index in [1.54, 1.807) is 57.2 Å². The second-order valence-corrected chi connectivity index (χ2v) is 13.7. The molecule has 2 amide bonds. The zero-order valence-corrected chi connectivity index (χ0v) is 28.4. The molecule has 2 aliphatic rings. The number of nitrogens with one attached hydrogen (secondary N) is 3. The molecule has 5 rings (SSSR count). The van der Waals surface area contributed by atoms with E-state index in [1.165, 1.54) is 6.07 Å². The molecule has 3 aromatic rings. The van der Waals surface area contributed by atoms with Crippen molar-refractivity contribution in [2.75, 3.05) is 5.32 Å². The zero-order chi connectivity index (χ0) is 35.3. The van der Waals surface area contributed by atoms with Gasteiger partial charge in [-0.05, 0) is 101 Å². The molecule has 2 aliphatic heterocycles. The maximum absolute atomic E-state index is 15.6. The van der Waals surface area contributed by atoms with Crippen molar-refractivity contribution in [3.63, 3.8) is 0 Å². The van der Waals surface area contributed by atoms with Crippen molar-refractivity contribution < 1.29 is 33.5 Å². The van der Waals surface area contributed by atoms with Crippen LogP contribution in [0.15, 0.2) is 78.0 Å². The quantitative estimate of drug-likeness (QED) is 0.195. The number of aliphatic carboxylic acids is 1. The Morgan fingerprint density at radius 1 is 1.06 bits per heavy atom. The van der Waals surface area contributed by atoms with E-state index >= 15 is 4.39 Å². The average molecular weight is 671 g/mol. The van der Waals surface area contributed by atoms with Gasteiger partial charge in [-0.15, -0.1) is 0 Å². The molecule has 10 nitrogen and oxygen atoms in total. The highest BCUT2D eigenvalue weighted by Gasteiger charge is 2.32. The number of benzene rings is 3. The molecule has 11 heteroatoms. The van der Waals surface area contributed by atoms with Crippen LogP contribution in [0.4, 0.5) is 14.9 Å². The van der Waals surface area contributed by atoms with Crippen molar-refractivity contribution in [2.45, 2.75) is 84.0 Å². The summed E-state index contributed by atoms with van der Waals surface area (Å²) in [5.74, 6) is -1.85. The van der Waals surface area contributed by atoms with E-state index in [0.717, 1.165) is 23.1 Å². The van der Waals surface area contributed by atoms with Gasteiger partial charge in [0.2, 0.25) is 5.91 Å². The molecule has 258 valence electrons. The Morgan fingerprint density at radius 2 is 1.78 bits per heavy atom. The molecule has 1 saturated heterocycles. The average Bonchev–Trinajstić information content (AvgIpc) is 3.45. The van der Waals surface area contributed by atoms with Gasteiger partial charge >= 0.3 is 12.1 Å². The molecule has 2 heterocycles. The van der Waals surface area contributed by atoms with Crippen LogP contribution in [-0.2, 0) is 25.6 Å². The van der Waals surface area contributed by atoms with Crippen LogP contribution in [0.25, 0.3) is 5.76 Å². The summed E-state index contributed by atoms with van der Waals surface area (Å²) in [5, 5.41) is 22.8. The number of carboxylic acid groups (broad SMARTS) is 1. The van der Waals surface area contributed by atoms with Crippen LogP contribution in [0.2, 0.25) is 0 Å². The summed E-state index contributed by atoms with van der Waals surface area (Å²) in [7, 11) is 0. The SMILES string of the molecule is Cc1ccc(C2CCC(C(=O)NC(Cc3ccc(C4=NOC(c5ccc(NC(=O)OC(C)(C)C)cc5)=CCC4C)c(F)c3)C(=O)O)N2)cc1. The van der Waals surface area contributed by atoms with Crippen LogP contribution in [0.1, 0.15) is 80.8 Å². The van der Waals surface area contributed by atoms with Gasteiger partial charge < -0.3 is 20.0 Å². The molecule has 4 atom stereocenters.